The Bertz CT molecular complexity index is 785. The predicted molar refractivity (Wildman–Crippen MR) is 105 cm³/mol. The molecule has 0 unspecified atom stereocenters. The van der Waals surface area contributed by atoms with Gasteiger partial charge in [0.1, 0.15) is 5.65 Å². The molecule has 1 aromatic carbocycles. The molecule has 0 aliphatic carbocycles. The molecule has 0 bridgehead atoms. The normalized spacial score (nSPS) is 11.3. The molecule has 0 amide bonds. The number of benzene rings is 1. The number of halogens is 1. The Labute approximate surface area is 152 Å². The molecule has 0 aliphatic heterocycles. The van der Waals surface area contributed by atoms with Gasteiger partial charge in [-0.2, -0.15) is 0 Å². The van der Waals surface area contributed by atoms with E-state index >= 15 is 0 Å². The van der Waals surface area contributed by atoms with Gasteiger partial charge in [0.15, 0.2) is 5.96 Å². The zero-order chi connectivity index (χ0) is 15.5. The summed E-state index contributed by atoms with van der Waals surface area (Å²) in [7, 11) is 0. The molecule has 0 fully saturated rings. The van der Waals surface area contributed by atoms with Gasteiger partial charge < -0.3 is 15.5 Å². The average molecular weight is 421 g/mol. The van der Waals surface area contributed by atoms with Gasteiger partial charge >= 0.3 is 0 Å². The summed E-state index contributed by atoms with van der Waals surface area (Å²) < 4.78 is 1.97. The first-order valence-corrected chi connectivity index (χ1v) is 7.18. The van der Waals surface area contributed by atoms with Crippen molar-refractivity contribution in [3.63, 3.8) is 0 Å². The van der Waals surface area contributed by atoms with Gasteiger partial charge in [0.2, 0.25) is 0 Å². The number of aliphatic imine (C=N–C) groups is 1. The van der Waals surface area contributed by atoms with Gasteiger partial charge in [0.25, 0.3) is 0 Å². The van der Waals surface area contributed by atoms with Crippen molar-refractivity contribution in [1.29, 1.82) is 0 Å². The number of aromatic nitrogens is 2. The van der Waals surface area contributed by atoms with E-state index in [1.54, 1.807) is 0 Å². The molecule has 3 aromatic rings. The molecule has 0 radical (unpaired) electrons. The lowest BCUT2D eigenvalue weighted by molar-refractivity contribution is 1.01. The Balaban J connectivity index is 0.00000192. The van der Waals surface area contributed by atoms with E-state index in [-0.39, 0.29) is 24.0 Å². The molecule has 0 saturated carbocycles. The van der Waals surface area contributed by atoms with Crippen LogP contribution in [0, 0.1) is 13.8 Å². The minimum Gasteiger partial charge on any atom is -0.370 e. The molecule has 3 rings (SSSR count). The van der Waals surface area contributed by atoms with Gasteiger partial charge in [-0.1, -0.05) is 12.1 Å². The van der Waals surface area contributed by atoms with E-state index in [4.69, 9.17) is 5.73 Å². The van der Waals surface area contributed by atoms with Crippen LogP contribution in [-0.4, -0.2) is 15.3 Å². The van der Waals surface area contributed by atoms with Crippen molar-refractivity contribution in [3.8, 4) is 0 Å². The second kappa shape index (κ2) is 7.45. The van der Waals surface area contributed by atoms with Crippen LogP contribution < -0.4 is 11.1 Å². The van der Waals surface area contributed by atoms with Gasteiger partial charge in [-0.25, -0.2) is 9.98 Å². The number of anilines is 1. The van der Waals surface area contributed by atoms with E-state index in [0.717, 1.165) is 17.0 Å². The van der Waals surface area contributed by atoms with Crippen molar-refractivity contribution >= 4 is 41.3 Å². The number of nitrogens with zero attached hydrogens (tertiary/aromatic N) is 3. The summed E-state index contributed by atoms with van der Waals surface area (Å²) in [5, 5.41) is 3.12. The van der Waals surface area contributed by atoms with Crippen molar-refractivity contribution in [2.45, 2.75) is 20.4 Å². The fourth-order valence-electron chi connectivity index (χ4n) is 2.46. The fourth-order valence-corrected chi connectivity index (χ4v) is 2.46. The second-order valence-corrected chi connectivity index (χ2v) is 5.40. The van der Waals surface area contributed by atoms with Gasteiger partial charge in [0.05, 0.1) is 12.2 Å². The third-order valence-electron chi connectivity index (χ3n) is 3.32. The molecule has 5 nitrogen and oxygen atoms in total. The van der Waals surface area contributed by atoms with E-state index in [1.165, 1.54) is 11.1 Å². The Morgan fingerprint density at radius 3 is 2.65 bits per heavy atom. The van der Waals surface area contributed by atoms with E-state index in [9.17, 15) is 0 Å². The van der Waals surface area contributed by atoms with Crippen LogP contribution >= 0.6 is 24.0 Å². The predicted octanol–water partition coefficient (Wildman–Crippen LogP) is 3.50. The SMILES string of the molecule is Cc1cc(C)cc(NC(N)=NCc2cn3ccccc3n2)c1.I. The standard InChI is InChI=1S/C17H19N5.HI/c1-12-7-13(2)9-14(8-12)21-17(18)19-10-15-11-22-6-4-3-5-16(22)20-15;/h3-9,11H,10H2,1-2H3,(H3,18,19,21);1H. The molecule has 2 heterocycles. The Hall–Kier alpha value is -2.09. The maximum Gasteiger partial charge on any atom is 0.193 e. The molecule has 3 N–H and O–H groups in total. The number of nitrogens with one attached hydrogen (secondary N) is 1. The highest BCUT2D eigenvalue weighted by Gasteiger charge is 2.01. The smallest absolute Gasteiger partial charge is 0.193 e. The van der Waals surface area contributed by atoms with Gasteiger partial charge in [-0.05, 0) is 49.2 Å². The van der Waals surface area contributed by atoms with Gasteiger partial charge in [-0.15, -0.1) is 24.0 Å². The minimum atomic E-state index is 0. The quantitative estimate of drug-likeness (QED) is 0.387. The zero-order valence-corrected chi connectivity index (χ0v) is 15.5. The topological polar surface area (TPSA) is 67.7 Å². The Morgan fingerprint density at radius 1 is 1.22 bits per heavy atom. The molecule has 0 aliphatic rings. The molecule has 0 spiro atoms. The Morgan fingerprint density at radius 2 is 1.96 bits per heavy atom. The second-order valence-electron chi connectivity index (χ2n) is 5.40. The lowest BCUT2D eigenvalue weighted by atomic mass is 10.1. The van der Waals surface area contributed by atoms with Crippen molar-refractivity contribution in [3.05, 3.63) is 65.6 Å². The van der Waals surface area contributed by atoms with Crippen LogP contribution in [0.2, 0.25) is 0 Å². The van der Waals surface area contributed by atoms with E-state index in [1.807, 2.05) is 47.1 Å². The van der Waals surface area contributed by atoms with Crippen molar-refractivity contribution in [2.24, 2.45) is 10.7 Å². The highest BCUT2D eigenvalue weighted by molar-refractivity contribution is 14.0. The molecular formula is C17H20IN5. The maximum absolute atomic E-state index is 5.95. The molecule has 6 heteroatoms. The first-order valence-electron chi connectivity index (χ1n) is 7.18. The van der Waals surface area contributed by atoms with E-state index < -0.39 is 0 Å². The fraction of sp³-hybridized carbons (Fsp3) is 0.176. The minimum absolute atomic E-state index is 0. The van der Waals surface area contributed by atoms with Crippen molar-refractivity contribution in [2.75, 3.05) is 5.32 Å². The molecule has 0 saturated heterocycles. The number of guanidine groups is 1. The first-order chi connectivity index (χ1) is 10.6. The van der Waals surface area contributed by atoms with Crippen LogP contribution in [0.15, 0.2) is 53.8 Å². The molecule has 23 heavy (non-hydrogen) atoms. The lowest BCUT2D eigenvalue weighted by Gasteiger charge is -2.07. The van der Waals surface area contributed by atoms with Crippen molar-refractivity contribution < 1.29 is 0 Å². The van der Waals surface area contributed by atoms with Crippen molar-refractivity contribution in [1.82, 2.24) is 9.38 Å². The summed E-state index contributed by atoms with van der Waals surface area (Å²) in [6, 6.07) is 12.1. The molecule has 0 atom stereocenters. The van der Waals surface area contributed by atoms with E-state index in [0.29, 0.717) is 12.5 Å². The summed E-state index contributed by atoms with van der Waals surface area (Å²) in [6.45, 7) is 4.57. The van der Waals surface area contributed by atoms with Gasteiger partial charge in [-0.3, -0.25) is 0 Å². The lowest BCUT2D eigenvalue weighted by Crippen LogP contribution is -2.22. The third-order valence-corrected chi connectivity index (χ3v) is 3.32. The molecule has 120 valence electrons. The number of rotatable bonds is 3. The number of nitrogens with two attached hydrogens (primary N) is 1. The molecule has 2 aromatic heterocycles. The van der Waals surface area contributed by atoms with E-state index in [2.05, 4.69) is 35.2 Å². The monoisotopic (exact) mass is 421 g/mol. The third kappa shape index (κ3) is 4.44. The van der Waals surface area contributed by atoms with Crippen LogP contribution in [0.25, 0.3) is 5.65 Å². The number of hydrogen-bond donors (Lipinski definition) is 2. The largest absolute Gasteiger partial charge is 0.370 e. The summed E-state index contributed by atoms with van der Waals surface area (Å²) in [5.74, 6) is 0.391. The number of fused-ring (bicyclic) bond motifs is 1. The number of hydrogen-bond acceptors (Lipinski definition) is 2. The maximum atomic E-state index is 5.95. The summed E-state index contributed by atoms with van der Waals surface area (Å²) in [6.07, 6.45) is 3.93. The summed E-state index contributed by atoms with van der Waals surface area (Å²) >= 11 is 0. The van der Waals surface area contributed by atoms with Crippen LogP contribution in [-0.2, 0) is 6.54 Å². The highest BCUT2D eigenvalue weighted by atomic mass is 127. The van der Waals surface area contributed by atoms with Crippen LogP contribution in [0.1, 0.15) is 16.8 Å². The first kappa shape index (κ1) is 17.3. The average Bonchev–Trinajstić information content (AvgIpc) is 2.87. The van der Waals surface area contributed by atoms with Crippen LogP contribution in [0.4, 0.5) is 5.69 Å². The zero-order valence-electron chi connectivity index (χ0n) is 13.2. The summed E-state index contributed by atoms with van der Waals surface area (Å²) in [5.41, 5.74) is 11.1. The highest BCUT2D eigenvalue weighted by Crippen LogP contribution is 2.13. The number of aryl methyl sites for hydroxylation is 2. The van der Waals surface area contributed by atoms with Gasteiger partial charge in [0, 0.05) is 18.1 Å². The van der Waals surface area contributed by atoms with Crippen LogP contribution in [0.3, 0.4) is 0 Å². The Kier molecular flexibility index (Phi) is 5.59. The molecular weight excluding hydrogens is 401 g/mol. The number of pyridine rings is 1. The summed E-state index contributed by atoms with van der Waals surface area (Å²) in [4.78, 5) is 8.84. The van der Waals surface area contributed by atoms with Crippen LogP contribution in [0.5, 0.6) is 0 Å². The number of imidazole rings is 1.